The van der Waals surface area contributed by atoms with Crippen LogP contribution in [0.1, 0.15) is 42.6 Å². The van der Waals surface area contributed by atoms with E-state index < -0.39 is 0 Å². The number of carbonyl (C=O) groups excluding carboxylic acids is 1. The molecule has 0 aliphatic heterocycles. The van der Waals surface area contributed by atoms with E-state index >= 15 is 0 Å². The fraction of sp³-hybridized carbons (Fsp3) is 0.375. The SMILES string of the molecule is CCC[C@@H](C)NC(=O)c1cnn(Cc2ccccc2)c1. The molecule has 0 saturated heterocycles. The van der Waals surface area contributed by atoms with E-state index in [4.69, 9.17) is 0 Å². The Hall–Kier alpha value is -2.10. The lowest BCUT2D eigenvalue weighted by Gasteiger charge is -2.11. The van der Waals surface area contributed by atoms with Gasteiger partial charge in [0.05, 0.1) is 18.3 Å². The second kappa shape index (κ2) is 6.89. The molecule has 106 valence electrons. The Balaban J connectivity index is 1.96. The minimum atomic E-state index is -0.0507. The van der Waals surface area contributed by atoms with Gasteiger partial charge in [0.2, 0.25) is 0 Å². The summed E-state index contributed by atoms with van der Waals surface area (Å²) in [4.78, 5) is 12.0. The molecular weight excluding hydrogens is 250 g/mol. The largest absolute Gasteiger partial charge is 0.349 e. The highest BCUT2D eigenvalue weighted by molar-refractivity contribution is 5.93. The quantitative estimate of drug-likeness (QED) is 0.878. The molecule has 20 heavy (non-hydrogen) atoms. The summed E-state index contributed by atoms with van der Waals surface area (Å²) in [6.07, 6.45) is 5.47. The van der Waals surface area contributed by atoms with Crippen LogP contribution in [0.3, 0.4) is 0 Å². The summed E-state index contributed by atoms with van der Waals surface area (Å²) in [7, 11) is 0. The molecule has 0 radical (unpaired) electrons. The first-order valence-corrected chi connectivity index (χ1v) is 7.06. The van der Waals surface area contributed by atoms with Crippen molar-refractivity contribution < 1.29 is 4.79 Å². The van der Waals surface area contributed by atoms with Crippen LogP contribution in [0.15, 0.2) is 42.7 Å². The number of rotatable bonds is 6. The second-order valence-electron chi connectivity index (χ2n) is 5.08. The lowest BCUT2D eigenvalue weighted by molar-refractivity contribution is 0.0938. The summed E-state index contributed by atoms with van der Waals surface area (Å²) < 4.78 is 1.79. The average molecular weight is 271 g/mol. The fourth-order valence-corrected chi connectivity index (χ4v) is 2.15. The van der Waals surface area contributed by atoms with Crippen molar-refractivity contribution in [3.63, 3.8) is 0 Å². The predicted molar refractivity (Wildman–Crippen MR) is 79.6 cm³/mol. The van der Waals surface area contributed by atoms with Crippen molar-refractivity contribution in [3.8, 4) is 0 Å². The van der Waals surface area contributed by atoms with Crippen molar-refractivity contribution in [1.29, 1.82) is 0 Å². The summed E-state index contributed by atoms with van der Waals surface area (Å²) >= 11 is 0. The van der Waals surface area contributed by atoms with Crippen molar-refractivity contribution in [3.05, 3.63) is 53.9 Å². The molecular formula is C16H21N3O. The maximum atomic E-state index is 12.0. The van der Waals surface area contributed by atoms with E-state index in [1.54, 1.807) is 17.1 Å². The van der Waals surface area contributed by atoms with Crippen molar-refractivity contribution in [2.24, 2.45) is 0 Å². The van der Waals surface area contributed by atoms with Gasteiger partial charge < -0.3 is 5.32 Å². The van der Waals surface area contributed by atoms with Crippen LogP contribution in [-0.4, -0.2) is 21.7 Å². The van der Waals surface area contributed by atoms with Crippen molar-refractivity contribution in [2.45, 2.75) is 39.3 Å². The Morgan fingerprint density at radius 1 is 1.35 bits per heavy atom. The van der Waals surface area contributed by atoms with Gasteiger partial charge in [0.1, 0.15) is 0 Å². The number of hydrogen-bond acceptors (Lipinski definition) is 2. The Kier molecular flexibility index (Phi) is 4.93. The maximum Gasteiger partial charge on any atom is 0.254 e. The normalized spacial score (nSPS) is 12.1. The van der Waals surface area contributed by atoms with E-state index in [-0.39, 0.29) is 11.9 Å². The van der Waals surface area contributed by atoms with Gasteiger partial charge in [-0.25, -0.2) is 0 Å². The summed E-state index contributed by atoms with van der Waals surface area (Å²) in [5.74, 6) is -0.0507. The maximum absolute atomic E-state index is 12.0. The molecule has 1 amide bonds. The molecule has 1 aromatic heterocycles. The van der Waals surface area contributed by atoms with Gasteiger partial charge in [-0.3, -0.25) is 9.48 Å². The van der Waals surface area contributed by atoms with Crippen molar-refractivity contribution >= 4 is 5.91 Å². The third kappa shape index (κ3) is 3.95. The van der Waals surface area contributed by atoms with Crippen LogP contribution in [0.2, 0.25) is 0 Å². The zero-order chi connectivity index (χ0) is 14.4. The molecule has 2 aromatic rings. The molecule has 1 N–H and O–H groups in total. The first kappa shape index (κ1) is 14.3. The van der Waals surface area contributed by atoms with Crippen molar-refractivity contribution in [1.82, 2.24) is 15.1 Å². The molecule has 0 fully saturated rings. The van der Waals surface area contributed by atoms with Gasteiger partial charge in [-0.1, -0.05) is 43.7 Å². The highest BCUT2D eigenvalue weighted by Crippen LogP contribution is 2.05. The van der Waals surface area contributed by atoms with Crippen LogP contribution in [0, 0.1) is 0 Å². The Bertz CT molecular complexity index is 548. The molecule has 4 nitrogen and oxygen atoms in total. The number of nitrogens with one attached hydrogen (secondary N) is 1. The number of nitrogens with zero attached hydrogens (tertiary/aromatic N) is 2. The molecule has 2 rings (SSSR count). The molecule has 0 bridgehead atoms. The van der Waals surface area contributed by atoms with Crippen LogP contribution in [0.25, 0.3) is 0 Å². The smallest absolute Gasteiger partial charge is 0.254 e. The fourth-order valence-electron chi connectivity index (χ4n) is 2.15. The number of amides is 1. The van der Waals surface area contributed by atoms with E-state index in [9.17, 15) is 4.79 Å². The van der Waals surface area contributed by atoms with Crippen LogP contribution in [0.5, 0.6) is 0 Å². The van der Waals surface area contributed by atoms with Crippen molar-refractivity contribution in [2.75, 3.05) is 0 Å². The van der Waals surface area contributed by atoms with Crippen LogP contribution < -0.4 is 5.32 Å². The molecule has 0 unspecified atom stereocenters. The molecule has 1 aromatic carbocycles. The third-order valence-electron chi connectivity index (χ3n) is 3.18. The number of carbonyl (C=O) groups is 1. The summed E-state index contributed by atoms with van der Waals surface area (Å²) in [5, 5.41) is 7.22. The topological polar surface area (TPSA) is 46.9 Å². The van der Waals surface area contributed by atoms with E-state index in [0.29, 0.717) is 12.1 Å². The van der Waals surface area contributed by atoms with Gasteiger partial charge >= 0.3 is 0 Å². The van der Waals surface area contributed by atoms with E-state index in [1.807, 2.05) is 37.3 Å². The van der Waals surface area contributed by atoms with Gasteiger partial charge in [0, 0.05) is 12.2 Å². The number of aromatic nitrogens is 2. The summed E-state index contributed by atoms with van der Waals surface area (Å²) in [6, 6.07) is 10.3. The van der Waals surface area contributed by atoms with Gasteiger partial charge in [-0.2, -0.15) is 5.10 Å². The molecule has 0 aliphatic carbocycles. The number of hydrogen-bond donors (Lipinski definition) is 1. The predicted octanol–water partition coefficient (Wildman–Crippen LogP) is 2.85. The second-order valence-corrected chi connectivity index (χ2v) is 5.08. The van der Waals surface area contributed by atoms with Gasteiger partial charge in [0.25, 0.3) is 5.91 Å². The van der Waals surface area contributed by atoms with Gasteiger partial charge in [-0.05, 0) is 18.9 Å². The molecule has 1 heterocycles. The molecule has 0 saturated carbocycles. The third-order valence-corrected chi connectivity index (χ3v) is 3.18. The van der Waals surface area contributed by atoms with Crippen LogP contribution in [0.4, 0.5) is 0 Å². The Morgan fingerprint density at radius 3 is 2.80 bits per heavy atom. The van der Waals surface area contributed by atoms with Gasteiger partial charge in [-0.15, -0.1) is 0 Å². The van der Waals surface area contributed by atoms with Crippen LogP contribution in [-0.2, 0) is 6.54 Å². The minimum absolute atomic E-state index is 0.0507. The summed E-state index contributed by atoms with van der Waals surface area (Å²) in [5.41, 5.74) is 1.78. The Labute approximate surface area is 119 Å². The molecule has 0 aliphatic rings. The molecule has 0 spiro atoms. The first-order chi connectivity index (χ1) is 9.69. The minimum Gasteiger partial charge on any atom is -0.349 e. The molecule has 4 heteroatoms. The van der Waals surface area contributed by atoms with E-state index in [0.717, 1.165) is 12.8 Å². The lowest BCUT2D eigenvalue weighted by Crippen LogP contribution is -2.32. The lowest BCUT2D eigenvalue weighted by atomic mass is 10.2. The highest BCUT2D eigenvalue weighted by Gasteiger charge is 2.11. The number of benzene rings is 1. The standard InChI is InChI=1S/C16H21N3O/c1-3-7-13(2)18-16(20)15-10-17-19(12-15)11-14-8-5-4-6-9-14/h4-6,8-10,12-13H,3,7,11H2,1-2H3,(H,18,20)/t13-/m1/s1. The zero-order valence-electron chi connectivity index (χ0n) is 12.0. The Morgan fingerprint density at radius 2 is 2.10 bits per heavy atom. The van der Waals surface area contributed by atoms with E-state index in [2.05, 4.69) is 17.3 Å². The average Bonchev–Trinajstić information content (AvgIpc) is 2.89. The van der Waals surface area contributed by atoms with E-state index in [1.165, 1.54) is 5.56 Å². The van der Waals surface area contributed by atoms with Crippen LogP contribution >= 0.6 is 0 Å². The highest BCUT2D eigenvalue weighted by atomic mass is 16.1. The monoisotopic (exact) mass is 271 g/mol. The molecule has 1 atom stereocenters. The zero-order valence-corrected chi connectivity index (χ0v) is 12.0. The summed E-state index contributed by atoms with van der Waals surface area (Å²) in [6.45, 7) is 4.81. The first-order valence-electron chi connectivity index (χ1n) is 7.06. The van der Waals surface area contributed by atoms with Gasteiger partial charge in [0.15, 0.2) is 0 Å².